The molecule has 1 heterocycles. The molecule has 4 nitrogen and oxygen atoms in total. The van der Waals surface area contributed by atoms with Crippen molar-refractivity contribution in [1.82, 2.24) is 15.1 Å². The Bertz CT molecular complexity index is 395. The van der Waals surface area contributed by atoms with Crippen LogP contribution in [0.5, 0.6) is 0 Å². The van der Waals surface area contributed by atoms with E-state index in [4.69, 9.17) is 0 Å². The molecule has 0 fully saturated rings. The fraction of sp³-hybridized carbons (Fsp3) is 0.692. The van der Waals surface area contributed by atoms with E-state index in [-0.39, 0.29) is 17.4 Å². The van der Waals surface area contributed by atoms with E-state index in [1.54, 1.807) is 4.90 Å². The van der Waals surface area contributed by atoms with Crippen LogP contribution in [0, 0.1) is 19.3 Å². The fourth-order valence-corrected chi connectivity index (χ4v) is 1.80. The number of aromatic nitrogens is 2. The Morgan fingerprint density at radius 3 is 2.24 bits per heavy atom. The summed E-state index contributed by atoms with van der Waals surface area (Å²) in [6.07, 6.45) is 0. The smallest absolute Gasteiger partial charge is 0.257 e. The summed E-state index contributed by atoms with van der Waals surface area (Å²) in [5.74, 6) is 0.0381. The number of aryl methyl sites for hydroxylation is 2. The fourth-order valence-electron chi connectivity index (χ4n) is 1.80. The van der Waals surface area contributed by atoms with Crippen molar-refractivity contribution in [3.8, 4) is 0 Å². The van der Waals surface area contributed by atoms with Crippen LogP contribution in [0.2, 0.25) is 0 Å². The average molecular weight is 237 g/mol. The molecule has 1 atom stereocenters. The molecule has 1 aromatic heterocycles. The Balaban J connectivity index is 2.99. The Hall–Kier alpha value is -1.32. The Morgan fingerprint density at radius 2 is 1.88 bits per heavy atom. The summed E-state index contributed by atoms with van der Waals surface area (Å²) in [7, 11) is 1.85. The van der Waals surface area contributed by atoms with Gasteiger partial charge in [-0.2, -0.15) is 5.10 Å². The number of hydrogen-bond acceptors (Lipinski definition) is 2. The molecule has 0 saturated carbocycles. The third-order valence-electron chi connectivity index (χ3n) is 3.50. The molecule has 17 heavy (non-hydrogen) atoms. The predicted octanol–water partition coefficient (Wildman–Crippen LogP) is 2.53. The Kier molecular flexibility index (Phi) is 3.65. The van der Waals surface area contributed by atoms with Gasteiger partial charge < -0.3 is 4.90 Å². The summed E-state index contributed by atoms with van der Waals surface area (Å²) in [6.45, 7) is 12.2. The number of carbonyl (C=O) groups excluding carboxylic acids is 1. The van der Waals surface area contributed by atoms with Crippen LogP contribution in [0.15, 0.2) is 0 Å². The van der Waals surface area contributed by atoms with Gasteiger partial charge >= 0.3 is 0 Å². The third kappa shape index (κ3) is 2.68. The van der Waals surface area contributed by atoms with Gasteiger partial charge in [-0.05, 0) is 26.2 Å². The molecule has 0 aromatic carbocycles. The molecule has 1 N–H and O–H groups in total. The molecular formula is C13H23N3O. The molecule has 4 heteroatoms. The topological polar surface area (TPSA) is 49.0 Å². The monoisotopic (exact) mass is 237 g/mol. The van der Waals surface area contributed by atoms with E-state index in [0.717, 1.165) is 11.4 Å². The zero-order valence-electron chi connectivity index (χ0n) is 11.9. The molecule has 1 rings (SSSR count). The number of H-pyrrole nitrogens is 1. The Labute approximate surface area is 103 Å². The molecule has 0 aliphatic carbocycles. The van der Waals surface area contributed by atoms with Gasteiger partial charge in [-0.25, -0.2) is 0 Å². The summed E-state index contributed by atoms with van der Waals surface area (Å²) in [6, 6.07) is 0.170. The van der Waals surface area contributed by atoms with Gasteiger partial charge in [-0.15, -0.1) is 0 Å². The van der Waals surface area contributed by atoms with Crippen molar-refractivity contribution >= 4 is 5.91 Å². The van der Waals surface area contributed by atoms with Crippen molar-refractivity contribution in [3.63, 3.8) is 0 Å². The number of amides is 1. The van der Waals surface area contributed by atoms with Crippen molar-refractivity contribution in [2.75, 3.05) is 7.05 Å². The van der Waals surface area contributed by atoms with Gasteiger partial charge in [-0.1, -0.05) is 20.8 Å². The minimum absolute atomic E-state index is 0.0381. The maximum absolute atomic E-state index is 12.4. The van der Waals surface area contributed by atoms with Crippen LogP contribution in [0.25, 0.3) is 0 Å². The number of nitrogens with zero attached hydrogens (tertiary/aromatic N) is 2. The number of rotatable bonds is 2. The third-order valence-corrected chi connectivity index (χ3v) is 3.50. The second-order valence-corrected chi connectivity index (χ2v) is 5.77. The SMILES string of the molecule is Cc1n[nH]c(C)c1C(=O)N(C)C(C)C(C)(C)C. The highest BCUT2D eigenvalue weighted by Crippen LogP contribution is 2.25. The highest BCUT2D eigenvalue weighted by Gasteiger charge is 2.29. The normalized spacial score (nSPS) is 13.6. The lowest BCUT2D eigenvalue weighted by Gasteiger charge is -2.35. The van der Waals surface area contributed by atoms with Crippen LogP contribution in [-0.4, -0.2) is 34.1 Å². The second kappa shape index (κ2) is 4.51. The first kappa shape index (κ1) is 13.7. The van der Waals surface area contributed by atoms with Crippen molar-refractivity contribution < 1.29 is 4.79 Å². The summed E-state index contributed by atoms with van der Waals surface area (Å²) in [5, 5.41) is 6.92. The van der Waals surface area contributed by atoms with Gasteiger partial charge in [0.25, 0.3) is 5.91 Å². The van der Waals surface area contributed by atoms with Gasteiger partial charge in [0.1, 0.15) is 0 Å². The largest absolute Gasteiger partial charge is 0.338 e. The summed E-state index contributed by atoms with van der Waals surface area (Å²) >= 11 is 0. The summed E-state index contributed by atoms with van der Waals surface area (Å²) in [5.41, 5.74) is 2.36. The molecule has 96 valence electrons. The molecule has 0 radical (unpaired) electrons. The van der Waals surface area contributed by atoms with Crippen molar-refractivity contribution in [2.45, 2.75) is 47.6 Å². The maximum Gasteiger partial charge on any atom is 0.257 e. The molecular weight excluding hydrogens is 214 g/mol. The van der Waals surface area contributed by atoms with Crippen molar-refractivity contribution in [2.24, 2.45) is 5.41 Å². The van der Waals surface area contributed by atoms with E-state index in [1.807, 2.05) is 20.9 Å². The Morgan fingerprint density at radius 1 is 1.35 bits per heavy atom. The number of hydrogen-bond donors (Lipinski definition) is 1. The highest BCUT2D eigenvalue weighted by molar-refractivity contribution is 5.96. The molecule has 0 aliphatic heterocycles. The predicted molar refractivity (Wildman–Crippen MR) is 69.1 cm³/mol. The van der Waals surface area contributed by atoms with E-state index < -0.39 is 0 Å². The number of aromatic amines is 1. The lowest BCUT2D eigenvalue weighted by molar-refractivity contribution is 0.0628. The quantitative estimate of drug-likeness (QED) is 0.859. The minimum Gasteiger partial charge on any atom is -0.338 e. The zero-order valence-corrected chi connectivity index (χ0v) is 11.9. The standard InChI is InChI=1S/C13H23N3O/c1-8-11(9(2)15-14-8)12(17)16(7)10(3)13(4,5)6/h10H,1-7H3,(H,14,15). The first-order valence-corrected chi connectivity index (χ1v) is 5.95. The first-order chi connectivity index (χ1) is 7.66. The summed E-state index contributed by atoms with van der Waals surface area (Å²) < 4.78 is 0. The molecule has 0 aliphatic rings. The molecule has 0 spiro atoms. The molecule has 1 aromatic rings. The van der Waals surface area contributed by atoms with Crippen molar-refractivity contribution in [1.29, 1.82) is 0 Å². The van der Waals surface area contributed by atoms with Gasteiger partial charge in [0.15, 0.2) is 0 Å². The van der Waals surface area contributed by atoms with E-state index >= 15 is 0 Å². The second-order valence-electron chi connectivity index (χ2n) is 5.77. The van der Waals surface area contributed by atoms with Crippen LogP contribution in [0.1, 0.15) is 49.4 Å². The number of carbonyl (C=O) groups is 1. The van der Waals surface area contributed by atoms with E-state index in [2.05, 4.69) is 37.9 Å². The molecule has 1 amide bonds. The first-order valence-electron chi connectivity index (χ1n) is 5.95. The molecule has 0 saturated heterocycles. The van der Waals surface area contributed by atoms with Gasteiger partial charge in [0.2, 0.25) is 0 Å². The molecule has 1 unspecified atom stereocenters. The van der Waals surface area contributed by atoms with E-state index in [9.17, 15) is 4.79 Å². The molecule has 0 bridgehead atoms. The van der Waals surface area contributed by atoms with Crippen LogP contribution < -0.4 is 0 Å². The van der Waals surface area contributed by atoms with Gasteiger partial charge in [0.05, 0.1) is 11.3 Å². The summed E-state index contributed by atoms with van der Waals surface area (Å²) in [4.78, 5) is 14.2. The average Bonchev–Trinajstić information content (AvgIpc) is 2.54. The van der Waals surface area contributed by atoms with Crippen LogP contribution in [0.4, 0.5) is 0 Å². The van der Waals surface area contributed by atoms with Crippen LogP contribution in [0.3, 0.4) is 0 Å². The minimum atomic E-state index is 0.0381. The maximum atomic E-state index is 12.4. The van der Waals surface area contributed by atoms with E-state index in [1.165, 1.54) is 0 Å². The van der Waals surface area contributed by atoms with Crippen LogP contribution in [-0.2, 0) is 0 Å². The zero-order chi connectivity index (χ0) is 13.4. The number of nitrogens with one attached hydrogen (secondary N) is 1. The van der Waals surface area contributed by atoms with E-state index in [0.29, 0.717) is 5.56 Å². The van der Waals surface area contributed by atoms with Gasteiger partial charge in [-0.3, -0.25) is 9.89 Å². The van der Waals surface area contributed by atoms with Crippen LogP contribution >= 0.6 is 0 Å². The van der Waals surface area contributed by atoms with Crippen molar-refractivity contribution in [3.05, 3.63) is 17.0 Å². The lowest BCUT2D eigenvalue weighted by Crippen LogP contribution is -2.43. The lowest BCUT2D eigenvalue weighted by atomic mass is 9.87. The highest BCUT2D eigenvalue weighted by atomic mass is 16.2. The van der Waals surface area contributed by atoms with Gasteiger partial charge in [0, 0.05) is 18.8 Å².